The van der Waals surface area contributed by atoms with Crippen molar-refractivity contribution in [2.24, 2.45) is 14.1 Å². The molecule has 0 atom stereocenters. The topological polar surface area (TPSA) is 91.6 Å². The third-order valence-electron chi connectivity index (χ3n) is 2.21. The van der Waals surface area contributed by atoms with Gasteiger partial charge in [-0.25, -0.2) is 9.13 Å². The summed E-state index contributed by atoms with van der Waals surface area (Å²) in [6, 6.07) is 6.85. The molecule has 1 amide bonds. The van der Waals surface area contributed by atoms with E-state index in [1.165, 1.54) is 14.1 Å². The van der Waals surface area contributed by atoms with E-state index in [9.17, 15) is 9.90 Å². The predicted octanol–water partition coefficient (Wildman–Crippen LogP) is -3.67. The number of carboxylic acid groups (broad SMARTS) is 1. The molecule has 2 rings (SSSR count). The standard InChI is InChI=1S/2C6H7NO.C3H7NO2.ClH/c2*1-7-4-2-3-6(8)5-7;1-4(2)3(5)6;/h2*2-5H,1H3;1-2H3,(H,5,6);1H. The van der Waals surface area contributed by atoms with Gasteiger partial charge in [-0.3, -0.25) is 0 Å². The van der Waals surface area contributed by atoms with Gasteiger partial charge in [0.25, 0.3) is 0 Å². The fraction of sp³-hybridized carbons (Fsp3) is 0.267. The highest BCUT2D eigenvalue weighted by Crippen LogP contribution is 1.99. The lowest BCUT2D eigenvalue weighted by Crippen LogP contribution is -3.00. The van der Waals surface area contributed by atoms with Gasteiger partial charge in [-0.05, 0) is 12.1 Å². The van der Waals surface area contributed by atoms with Gasteiger partial charge in [0.2, 0.25) is 12.4 Å². The number of aromatic nitrogens is 2. The quantitative estimate of drug-likeness (QED) is 0.482. The molecule has 23 heavy (non-hydrogen) atoms. The summed E-state index contributed by atoms with van der Waals surface area (Å²) in [5.74, 6) is 0.602. The molecule has 0 aliphatic carbocycles. The van der Waals surface area contributed by atoms with E-state index >= 15 is 0 Å². The summed E-state index contributed by atoms with van der Waals surface area (Å²) in [7, 11) is 6.55. The Balaban J connectivity index is 0. The van der Waals surface area contributed by atoms with Crippen molar-refractivity contribution >= 4 is 6.09 Å². The monoisotopic (exact) mass is 343 g/mol. The van der Waals surface area contributed by atoms with Gasteiger partial charge in [-0.15, -0.1) is 0 Å². The van der Waals surface area contributed by atoms with Crippen molar-refractivity contribution in [1.82, 2.24) is 4.90 Å². The number of amides is 1. The fourth-order valence-corrected chi connectivity index (χ4v) is 1.14. The molecule has 0 radical (unpaired) electrons. The van der Waals surface area contributed by atoms with Crippen LogP contribution in [-0.4, -0.2) is 35.3 Å². The van der Waals surface area contributed by atoms with Crippen molar-refractivity contribution in [3.05, 3.63) is 49.1 Å². The molecule has 128 valence electrons. The highest BCUT2D eigenvalue weighted by molar-refractivity contribution is 5.61. The lowest BCUT2D eigenvalue weighted by Gasteiger charge is -2.10. The largest absolute Gasteiger partial charge is 1.00 e. The second-order valence-electron chi connectivity index (χ2n) is 4.62. The summed E-state index contributed by atoms with van der Waals surface area (Å²) in [6.07, 6.45) is 5.84. The summed E-state index contributed by atoms with van der Waals surface area (Å²) in [5, 5.41) is 27.1. The lowest BCUT2D eigenvalue weighted by atomic mass is 10.5. The maximum atomic E-state index is 9.51. The van der Waals surface area contributed by atoms with E-state index in [1.807, 2.05) is 26.5 Å². The van der Waals surface area contributed by atoms with Crippen LogP contribution >= 0.6 is 0 Å². The van der Waals surface area contributed by atoms with Gasteiger partial charge >= 0.3 is 0 Å². The van der Waals surface area contributed by atoms with Crippen LogP contribution in [0.2, 0.25) is 0 Å². The van der Waals surface area contributed by atoms with E-state index in [2.05, 4.69) is 0 Å². The van der Waals surface area contributed by atoms with E-state index in [-0.39, 0.29) is 12.4 Å². The summed E-state index contributed by atoms with van der Waals surface area (Å²) < 4.78 is 3.57. The second kappa shape index (κ2) is 12.0. The molecule has 8 heteroatoms. The molecule has 0 bridgehead atoms. The van der Waals surface area contributed by atoms with E-state index in [1.54, 1.807) is 45.8 Å². The Hall–Kier alpha value is -2.54. The molecule has 0 saturated heterocycles. The van der Waals surface area contributed by atoms with E-state index in [0.717, 1.165) is 4.90 Å². The van der Waals surface area contributed by atoms with Crippen molar-refractivity contribution in [1.29, 1.82) is 0 Å². The summed E-state index contributed by atoms with van der Waals surface area (Å²) >= 11 is 0. The van der Waals surface area contributed by atoms with Crippen LogP contribution in [0.3, 0.4) is 0 Å². The number of aromatic hydroxyl groups is 2. The Morgan fingerprint density at radius 3 is 1.43 bits per heavy atom. The smallest absolute Gasteiger partial charge is 0.210 e. The average molecular weight is 344 g/mol. The number of halogens is 1. The minimum Gasteiger partial charge on any atom is -1.00 e. The van der Waals surface area contributed by atoms with Crippen molar-refractivity contribution < 1.29 is 41.7 Å². The third kappa shape index (κ3) is 12.9. The van der Waals surface area contributed by atoms with Crippen molar-refractivity contribution in [2.45, 2.75) is 0 Å². The van der Waals surface area contributed by atoms with Crippen LogP contribution in [0.1, 0.15) is 0 Å². The Bertz CT molecular complexity index is 516. The number of nitrogens with zero attached hydrogens (tertiary/aromatic N) is 3. The molecule has 0 aliphatic heterocycles. The first kappa shape index (κ1) is 22.7. The first-order valence-corrected chi connectivity index (χ1v) is 6.39. The number of rotatable bonds is 0. The number of hydrogen-bond acceptors (Lipinski definition) is 4. The predicted molar refractivity (Wildman–Crippen MR) is 77.6 cm³/mol. The Kier molecular flexibility index (Phi) is 11.9. The third-order valence-corrected chi connectivity index (χ3v) is 2.21. The first-order chi connectivity index (χ1) is 10.2. The number of hydrogen-bond donors (Lipinski definition) is 2. The molecule has 0 unspecified atom stereocenters. The van der Waals surface area contributed by atoms with E-state index < -0.39 is 6.09 Å². The maximum Gasteiger partial charge on any atom is 0.210 e. The molecule has 0 aromatic carbocycles. The number of pyridine rings is 2. The molecule has 0 fully saturated rings. The van der Waals surface area contributed by atoms with Crippen molar-refractivity contribution in [2.75, 3.05) is 14.1 Å². The normalized spacial score (nSPS) is 8.35. The summed E-state index contributed by atoms with van der Waals surface area (Å²) in [4.78, 5) is 10.5. The SMILES string of the molecule is CN(C)C(=O)[O-].C[n+]1cccc(O)c1.C[n+]1cccc(O)c1.[Cl-]. The van der Waals surface area contributed by atoms with Crippen LogP contribution < -0.4 is 26.6 Å². The molecule has 2 heterocycles. The summed E-state index contributed by atoms with van der Waals surface area (Å²) in [5.41, 5.74) is 0. The van der Waals surface area contributed by atoms with Crippen LogP contribution in [0.15, 0.2) is 49.1 Å². The zero-order valence-electron chi connectivity index (χ0n) is 13.5. The van der Waals surface area contributed by atoms with E-state index in [0.29, 0.717) is 11.5 Å². The highest BCUT2D eigenvalue weighted by Gasteiger charge is 1.90. The van der Waals surface area contributed by atoms with Gasteiger partial charge < -0.3 is 37.4 Å². The van der Waals surface area contributed by atoms with Crippen molar-refractivity contribution in [3.63, 3.8) is 0 Å². The van der Waals surface area contributed by atoms with Gasteiger partial charge in [-0.1, -0.05) is 0 Å². The number of carbonyl (C=O) groups is 1. The highest BCUT2D eigenvalue weighted by atomic mass is 35.5. The molecule has 2 aromatic heterocycles. The molecular weight excluding hydrogens is 322 g/mol. The van der Waals surface area contributed by atoms with Crippen molar-refractivity contribution in [3.8, 4) is 11.5 Å². The molecule has 0 aliphatic rings. The Labute approximate surface area is 142 Å². The van der Waals surface area contributed by atoms with Gasteiger partial charge in [-0.2, -0.15) is 0 Å². The zero-order chi connectivity index (χ0) is 17.1. The minimum atomic E-state index is -1.16. The maximum absolute atomic E-state index is 9.51. The number of aryl methyl sites for hydroxylation is 2. The molecule has 0 spiro atoms. The molecule has 2 aromatic rings. The van der Waals surface area contributed by atoms with Gasteiger partial charge in [0.1, 0.15) is 20.2 Å². The van der Waals surface area contributed by atoms with Crippen LogP contribution in [0.5, 0.6) is 11.5 Å². The average Bonchev–Trinajstić information content (AvgIpc) is 2.39. The fourth-order valence-electron chi connectivity index (χ4n) is 1.14. The second-order valence-corrected chi connectivity index (χ2v) is 4.62. The molecular formula is C15H22ClN3O4. The summed E-state index contributed by atoms with van der Waals surface area (Å²) in [6.45, 7) is 0. The molecule has 2 N–H and O–H groups in total. The Morgan fingerprint density at radius 1 is 1.00 bits per heavy atom. The van der Waals surface area contributed by atoms with E-state index in [4.69, 9.17) is 10.2 Å². The van der Waals surface area contributed by atoms with Gasteiger partial charge in [0.05, 0.1) is 0 Å². The van der Waals surface area contributed by atoms with Crippen LogP contribution in [0.25, 0.3) is 0 Å². The first-order valence-electron chi connectivity index (χ1n) is 6.39. The number of carbonyl (C=O) groups excluding carboxylic acids is 1. The Morgan fingerprint density at radius 2 is 1.30 bits per heavy atom. The van der Waals surface area contributed by atoms with Crippen LogP contribution in [0, 0.1) is 0 Å². The van der Waals surface area contributed by atoms with Gasteiger partial charge in [0, 0.05) is 26.2 Å². The zero-order valence-corrected chi connectivity index (χ0v) is 14.3. The van der Waals surface area contributed by atoms with Crippen LogP contribution in [-0.2, 0) is 14.1 Å². The lowest BCUT2D eigenvalue weighted by molar-refractivity contribution is -0.671. The van der Waals surface area contributed by atoms with Crippen LogP contribution in [0.4, 0.5) is 4.79 Å². The minimum absolute atomic E-state index is 0. The van der Waals surface area contributed by atoms with Gasteiger partial charge in [0.15, 0.2) is 23.9 Å². The molecule has 7 nitrogen and oxygen atoms in total. The molecule has 0 saturated carbocycles.